The van der Waals surface area contributed by atoms with Crippen molar-refractivity contribution >= 4 is 12.6 Å². The second-order valence-electron chi connectivity index (χ2n) is 3.05. The molecule has 0 aromatic heterocycles. The van der Waals surface area contributed by atoms with E-state index in [0.717, 1.165) is 5.56 Å². The molecule has 1 aromatic carbocycles. The van der Waals surface area contributed by atoms with Gasteiger partial charge in [-0.3, -0.25) is 0 Å². The van der Waals surface area contributed by atoms with Crippen molar-refractivity contribution in [1.29, 1.82) is 0 Å². The van der Waals surface area contributed by atoms with Gasteiger partial charge >= 0.3 is 7.12 Å². The highest BCUT2D eigenvalue weighted by Crippen LogP contribution is 2.08. The van der Waals surface area contributed by atoms with E-state index in [-0.39, 0.29) is 6.04 Å². The number of rotatable bonds is 3. The Kier molecular flexibility index (Phi) is 3.48. The molecule has 0 bridgehead atoms. The third-order valence-electron chi connectivity index (χ3n) is 2.14. The summed E-state index contributed by atoms with van der Waals surface area (Å²) in [5.74, 6) is 0. The van der Waals surface area contributed by atoms with E-state index in [0.29, 0.717) is 5.46 Å². The van der Waals surface area contributed by atoms with Gasteiger partial charge in [-0.2, -0.15) is 0 Å². The summed E-state index contributed by atoms with van der Waals surface area (Å²) in [6, 6.07) is 7.46. The first-order valence-corrected chi connectivity index (χ1v) is 4.28. The largest absolute Gasteiger partial charge is 0.488 e. The van der Waals surface area contributed by atoms with Crippen LogP contribution in [0.2, 0.25) is 0 Å². The fourth-order valence-electron chi connectivity index (χ4n) is 1.16. The summed E-state index contributed by atoms with van der Waals surface area (Å²) in [5, 5.41) is 21.0. The van der Waals surface area contributed by atoms with Crippen molar-refractivity contribution in [2.75, 3.05) is 7.05 Å². The van der Waals surface area contributed by atoms with E-state index < -0.39 is 7.12 Å². The third kappa shape index (κ3) is 2.55. The van der Waals surface area contributed by atoms with Gasteiger partial charge in [0, 0.05) is 6.04 Å². The number of nitrogens with one attached hydrogen (secondary N) is 1. The second-order valence-corrected chi connectivity index (χ2v) is 3.05. The zero-order valence-electron chi connectivity index (χ0n) is 7.86. The summed E-state index contributed by atoms with van der Waals surface area (Å²) < 4.78 is 0. The summed E-state index contributed by atoms with van der Waals surface area (Å²) in [6.45, 7) is 2.02. The Labute approximate surface area is 78.6 Å². The van der Waals surface area contributed by atoms with Crippen LogP contribution in [-0.2, 0) is 0 Å². The smallest absolute Gasteiger partial charge is 0.423 e. The molecule has 0 aliphatic rings. The lowest BCUT2D eigenvalue weighted by molar-refractivity contribution is 0.425. The molecule has 1 aromatic rings. The van der Waals surface area contributed by atoms with Crippen LogP contribution in [0.4, 0.5) is 0 Å². The van der Waals surface area contributed by atoms with Crippen LogP contribution in [0, 0.1) is 0 Å². The molecule has 0 saturated carbocycles. The predicted molar refractivity (Wildman–Crippen MR) is 53.7 cm³/mol. The van der Waals surface area contributed by atoms with Crippen molar-refractivity contribution in [3.8, 4) is 0 Å². The summed E-state index contributed by atoms with van der Waals surface area (Å²) in [6.07, 6.45) is 0. The van der Waals surface area contributed by atoms with Gasteiger partial charge in [-0.05, 0) is 25.0 Å². The van der Waals surface area contributed by atoms with E-state index in [1.807, 2.05) is 26.1 Å². The van der Waals surface area contributed by atoms with Gasteiger partial charge in [-0.1, -0.05) is 24.3 Å². The van der Waals surface area contributed by atoms with Gasteiger partial charge in [0.1, 0.15) is 0 Å². The molecule has 0 aliphatic heterocycles. The Morgan fingerprint density at radius 2 is 2.08 bits per heavy atom. The van der Waals surface area contributed by atoms with E-state index >= 15 is 0 Å². The first-order valence-electron chi connectivity index (χ1n) is 4.28. The molecule has 0 fully saturated rings. The molecule has 1 atom stereocenters. The molecule has 0 spiro atoms. The minimum Gasteiger partial charge on any atom is -0.423 e. The third-order valence-corrected chi connectivity index (χ3v) is 2.14. The van der Waals surface area contributed by atoms with Crippen molar-refractivity contribution in [2.24, 2.45) is 0 Å². The fourth-order valence-corrected chi connectivity index (χ4v) is 1.16. The zero-order chi connectivity index (χ0) is 9.84. The molecule has 0 amide bonds. The standard InChI is InChI=1S/C9H14BNO2/c1-7(11-2)8-4-3-5-9(6-8)10(12)13/h3-7,11-13H,1-2H3/t7-/m0/s1. The maximum absolute atomic E-state index is 8.94. The molecule has 0 heterocycles. The normalized spacial score (nSPS) is 12.6. The van der Waals surface area contributed by atoms with Crippen molar-refractivity contribution in [3.63, 3.8) is 0 Å². The summed E-state index contributed by atoms with van der Waals surface area (Å²) >= 11 is 0. The van der Waals surface area contributed by atoms with Crippen LogP contribution in [-0.4, -0.2) is 24.2 Å². The molecule has 13 heavy (non-hydrogen) atoms. The molecule has 0 saturated heterocycles. The van der Waals surface area contributed by atoms with Gasteiger partial charge in [0.15, 0.2) is 0 Å². The van der Waals surface area contributed by atoms with Crippen LogP contribution < -0.4 is 10.8 Å². The molecule has 3 N–H and O–H groups in total. The zero-order valence-corrected chi connectivity index (χ0v) is 7.86. The molecule has 70 valence electrons. The minimum absolute atomic E-state index is 0.221. The Bertz CT molecular complexity index is 278. The first-order chi connectivity index (χ1) is 6.15. The highest BCUT2D eigenvalue weighted by Gasteiger charge is 2.11. The van der Waals surface area contributed by atoms with Crippen LogP contribution in [0.15, 0.2) is 24.3 Å². The maximum atomic E-state index is 8.94. The van der Waals surface area contributed by atoms with E-state index in [2.05, 4.69) is 5.32 Å². The molecule has 1 rings (SSSR count). The van der Waals surface area contributed by atoms with Gasteiger partial charge in [-0.15, -0.1) is 0 Å². The monoisotopic (exact) mass is 179 g/mol. The van der Waals surface area contributed by atoms with Gasteiger partial charge in [0.2, 0.25) is 0 Å². The minimum atomic E-state index is -1.39. The summed E-state index contributed by atoms with van der Waals surface area (Å²) in [5.41, 5.74) is 1.58. The van der Waals surface area contributed by atoms with Gasteiger partial charge in [-0.25, -0.2) is 0 Å². The SMILES string of the molecule is CN[C@@H](C)c1cccc(B(O)O)c1. The average Bonchev–Trinajstić information content (AvgIpc) is 2.17. The molecular formula is C9H14BNO2. The van der Waals surface area contributed by atoms with Crippen molar-refractivity contribution in [1.82, 2.24) is 5.32 Å². The molecule has 4 heteroatoms. The van der Waals surface area contributed by atoms with Gasteiger partial charge in [0.05, 0.1) is 0 Å². The van der Waals surface area contributed by atoms with Crippen molar-refractivity contribution < 1.29 is 10.0 Å². The Balaban J connectivity index is 2.91. The van der Waals surface area contributed by atoms with Gasteiger partial charge in [0.25, 0.3) is 0 Å². The van der Waals surface area contributed by atoms with E-state index in [1.165, 1.54) is 0 Å². The van der Waals surface area contributed by atoms with Crippen molar-refractivity contribution in [2.45, 2.75) is 13.0 Å². The topological polar surface area (TPSA) is 52.5 Å². The fraction of sp³-hybridized carbons (Fsp3) is 0.333. The highest BCUT2D eigenvalue weighted by molar-refractivity contribution is 6.58. The van der Waals surface area contributed by atoms with Crippen LogP contribution >= 0.6 is 0 Å². The van der Waals surface area contributed by atoms with Crippen LogP contribution in [0.1, 0.15) is 18.5 Å². The summed E-state index contributed by atoms with van der Waals surface area (Å²) in [7, 11) is 0.483. The molecular weight excluding hydrogens is 165 g/mol. The molecule has 0 unspecified atom stereocenters. The quantitative estimate of drug-likeness (QED) is 0.555. The molecule has 0 aliphatic carbocycles. The number of hydrogen-bond donors (Lipinski definition) is 3. The first kappa shape index (κ1) is 10.2. The van der Waals surface area contributed by atoms with E-state index in [4.69, 9.17) is 10.0 Å². The predicted octanol–water partition coefficient (Wildman–Crippen LogP) is -0.353. The average molecular weight is 179 g/mol. The lowest BCUT2D eigenvalue weighted by Gasteiger charge is -2.11. The van der Waals surface area contributed by atoms with Crippen LogP contribution in [0.25, 0.3) is 0 Å². The molecule has 0 radical (unpaired) electrons. The lowest BCUT2D eigenvalue weighted by Crippen LogP contribution is -2.30. The van der Waals surface area contributed by atoms with E-state index in [9.17, 15) is 0 Å². The Morgan fingerprint density at radius 3 is 2.62 bits per heavy atom. The number of benzene rings is 1. The lowest BCUT2D eigenvalue weighted by atomic mass is 9.79. The summed E-state index contributed by atoms with van der Waals surface area (Å²) in [4.78, 5) is 0. The number of hydrogen-bond acceptors (Lipinski definition) is 3. The van der Waals surface area contributed by atoms with Crippen LogP contribution in [0.3, 0.4) is 0 Å². The van der Waals surface area contributed by atoms with Crippen LogP contribution in [0.5, 0.6) is 0 Å². The Hall–Kier alpha value is -0.835. The maximum Gasteiger partial charge on any atom is 0.488 e. The highest BCUT2D eigenvalue weighted by atomic mass is 16.4. The van der Waals surface area contributed by atoms with Gasteiger partial charge < -0.3 is 15.4 Å². The second kappa shape index (κ2) is 4.41. The molecule has 3 nitrogen and oxygen atoms in total. The van der Waals surface area contributed by atoms with E-state index in [1.54, 1.807) is 12.1 Å². The Morgan fingerprint density at radius 1 is 1.38 bits per heavy atom. The van der Waals surface area contributed by atoms with Crippen molar-refractivity contribution in [3.05, 3.63) is 29.8 Å².